The number of hydrogen-bond acceptors (Lipinski definition) is 4. The third-order valence-electron chi connectivity index (χ3n) is 2.41. The molecule has 0 saturated heterocycles. The van der Waals surface area contributed by atoms with Gasteiger partial charge in [0.2, 0.25) is 5.91 Å². The Bertz CT molecular complexity index is 455. The van der Waals surface area contributed by atoms with Crippen molar-refractivity contribution in [1.82, 2.24) is 5.32 Å². The van der Waals surface area contributed by atoms with Gasteiger partial charge in [-0.05, 0) is 30.7 Å². The summed E-state index contributed by atoms with van der Waals surface area (Å²) in [5.41, 5.74) is 0.824. The average molecular weight is 265 g/mol. The number of hydrogen-bond donors (Lipinski definition) is 2. The number of rotatable bonds is 6. The van der Waals surface area contributed by atoms with Crippen LogP contribution in [0.3, 0.4) is 0 Å². The predicted octanol–water partition coefficient (Wildman–Crippen LogP) is 1.21. The zero-order valence-corrected chi connectivity index (χ0v) is 11.3. The number of carbonyl (C=O) groups excluding carboxylic acids is 1. The Morgan fingerprint density at radius 2 is 2.05 bits per heavy atom. The number of carbonyl (C=O) groups is 1. The Hall–Kier alpha value is -2.01. The molecule has 0 bridgehead atoms. The van der Waals surface area contributed by atoms with Crippen molar-refractivity contribution < 1.29 is 19.4 Å². The topological polar surface area (TPSA) is 67.8 Å². The summed E-state index contributed by atoms with van der Waals surface area (Å²) in [6.45, 7) is 1.84. The number of aliphatic hydroxyl groups excluding tert-OH is 1. The Morgan fingerprint density at radius 1 is 1.37 bits per heavy atom. The molecule has 5 heteroatoms. The van der Waals surface area contributed by atoms with Crippen LogP contribution in [-0.4, -0.2) is 37.9 Å². The van der Waals surface area contributed by atoms with Gasteiger partial charge in [-0.25, -0.2) is 0 Å². The maximum atomic E-state index is 11.4. The molecule has 1 atom stereocenters. The third-order valence-corrected chi connectivity index (χ3v) is 2.41. The van der Waals surface area contributed by atoms with Gasteiger partial charge in [0, 0.05) is 12.6 Å². The molecule has 1 aromatic rings. The summed E-state index contributed by atoms with van der Waals surface area (Å²) in [5, 5.41) is 11.6. The molecule has 0 fully saturated rings. The van der Waals surface area contributed by atoms with Crippen LogP contribution >= 0.6 is 0 Å². The van der Waals surface area contributed by atoms with Crippen LogP contribution in [0.1, 0.15) is 12.5 Å². The number of aliphatic hydroxyl groups is 1. The Kier molecular flexibility index (Phi) is 5.89. The molecular formula is C14H19NO4. The monoisotopic (exact) mass is 265 g/mol. The molecular weight excluding hydrogens is 246 g/mol. The van der Waals surface area contributed by atoms with Gasteiger partial charge >= 0.3 is 0 Å². The van der Waals surface area contributed by atoms with Crippen molar-refractivity contribution in [3.8, 4) is 11.5 Å². The first-order chi connectivity index (χ1) is 9.06. The summed E-state index contributed by atoms with van der Waals surface area (Å²) < 4.78 is 10.3. The van der Waals surface area contributed by atoms with Gasteiger partial charge in [0.25, 0.3) is 0 Å². The van der Waals surface area contributed by atoms with Gasteiger partial charge in [-0.1, -0.05) is 6.07 Å². The first-order valence-electron chi connectivity index (χ1n) is 5.92. The molecule has 1 amide bonds. The molecule has 5 nitrogen and oxygen atoms in total. The van der Waals surface area contributed by atoms with Gasteiger partial charge in [-0.3, -0.25) is 4.79 Å². The van der Waals surface area contributed by atoms with E-state index in [0.29, 0.717) is 11.5 Å². The fourth-order valence-electron chi connectivity index (χ4n) is 1.44. The second-order valence-corrected chi connectivity index (χ2v) is 4.04. The van der Waals surface area contributed by atoms with Crippen molar-refractivity contribution in [1.29, 1.82) is 0 Å². The van der Waals surface area contributed by atoms with Crippen LogP contribution in [0, 0.1) is 0 Å². The van der Waals surface area contributed by atoms with Gasteiger partial charge in [-0.15, -0.1) is 0 Å². The number of benzene rings is 1. The molecule has 104 valence electrons. The van der Waals surface area contributed by atoms with E-state index in [0.717, 1.165) is 5.56 Å². The lowest BCUT2D eigenvalue weighted by Gasteiger charge is -2.07. The summed E-state index contributed by atoms with van der Waals surface area (Å²) in [5.74, 6) is 0.989. The van der Waals surface area contributed by atoms with E-state index < -0.39 is 6.10 Å². The molecule has 0 aliphatic heterocycles. The third kappa shape index (κ3) is 5.01. The lowest BCUT2D eigenvalue weighted by atomic mass is 10.2. The number of methoxy groups -OCH3 is 2. The van der Waals surface area contributed by atoms with E-state index in [1.54, 1.807) is 39.4 Å². The van der Waals surface area contributed by atoms with Crippen molar-refractivity contribution in [2.24, 2.45) is 0 Å². The van der Waals surface area contributed by atoms with Crippen LogP contribution in [0.15, 0.2) is 24.3 Å². The van der Waals surface area contributed by atoms with E-state index in [9.17, 15) is 4.79 Å². The normalized spacial score (nSPS) is 12.2. The van der Waals surface area contributed by atoms with Crippen LogP contribution in [0.2, 0.25) is 0 Å². The predicted molar refractivity (Wildman–Crippen MR) is 73.3 cm³/mol. The maximum absolute atomic E-state index is 11.4. The lowest BCUT2D eigenvalue weighted by Crippen LogP contribution is -2.28. The Labute approximate surface area is 112 Å². The molecule has 0 radical (unpaired) electrons. The van der Waals surface area contributed by atoms with E-state index in [1.165, 1.54) is 6.08 Å². The van der Waals surface area contributed by atoms with Crippen molar-refractivity contribution in [3.05, 3.63) is 29.8 Å². The van der Waals surface area contributed by atoms with Crippen LogP contribution < -0.4 is 14.8 Å². The molecule has 1 unspecified atom stereocenters. The van der Waals surface area contributed by atoms with E-state index in [1.807, 2.05) is 6.07 Å². The zero-order valence-electron chi connectivity index (χ0n) is 11.3. The van der Waals surface area contributed by atoms with E-state index >= 15 is 0 Å². The molecule has 0 saturated carbocycles. The Morgan fingerprint density at radius 3 is 2.63 bits per heavy atom. The van der Waals surface area contributed by atoms with Crippen molar-refractivity contribution in [2.45, 2.75) is 13.0 Å². The van der Waals surface area contributed by atoms with Gasteiger partial charge in [-0.2, -0.15) is 0 Å². The van der Waals surface area contributed by atoms with Crippen molar-refractivity contribution in [3.63, 3.8) is 0 Å². The number of amides is 1. The first kappa shape index (κ1) is 15.0. The maximum Gasteiger partial charge on any atom is 0.244 e. The standard InChI is InChI=1S/C14H19NO4/c1-10(16)9-15-14(17)7-5-11-4-6-12(18-2)13(8-11)19-3/h4-8,10,16H,9H2,1-3H3,(H,15,17)/b7-5+. The molecule has 1 aromatic carbocycles. The van der Waals surface area contributed by atoms with Gasteiger partial charge < -0.3 is 19.9 Å². The summed E-state index contributed by atoms with van der Waals surface area (Å²) in [6, 6.07) is 5.36. The molecule has 0 heterocycles. The molecule has 2 N–H and O–H groups in total. The minimum Gasteiger partial charge on any atom is -0.493 e. The van der Waals surface area contributed by atoms with Gasteiger partial charge in [0.05, 0.1) is 20.3 Å². The number of nitrogens with one attached hydrogen (secondary N) is 1. The number of ether oxygens (including phenoxy) is 2. The quantitative estimate of drug-likeness (QED) is 0.759. The average Bonchev–Trinajstić information content (AvgIpc) is 2.42. The van der Waals surface area contributed by atoms with E-state index in [2.05, 4.69) is 5.32 Å². The van der Waals surface area contributed by atoms with Crippen LogP contribution in [-0.2, 0) is 4.79 Å². The minimum atomic E-state index is -0.557. The van der Waals surface area contributed by atoms with Crippen LogP contribution in [0.4, 0.5) is 0 Å². The summed E-state index contributed by atoms with van der Waals surface area (Å²) in [6.07, 6.45) is 2.52. The van der Waals surface area contributed by atoms with Crippen molar-refractivity contribution in [2.75, 3.05) is 20.8 Å². The molecule has 0 aromatic heterocycles. The SMILES string of the molecule is COc1ccc(/C=C/C(=O)NCC(C)O)cc1OC. The molecule has 0 aliphatic carbocycles. The second-order valence-electron chi connectivity index (χ2n) is 4.04. The molecule has 19 heavy (non-hydrogen) atoms. The van der Waals surface area contributed by atoms with Crippen LogP contribution in [0.25, 0.3) is 6.08 Å². The Balaban J connectivity index is 2.68. The lowest BCUT2D eigenvalue weighted by molar-refractivity contribution is -0.116. The second kappa shape index (κ2) is 7.43. The highest BCUT2D eigenvalue weighted by Gasteiger charge is 2.03. The fraction of sp³-hybridized carbons (Fsp3) is 0.357. The molecule has 0 spiro atoms. The smallest absolute Gasteiger partial charge is 0.244 e. The molecule has 1 rings (SSSR count). The van der Waals surface area contributed by atoms with E-state index in [-0.39, 0.29) is 12.5 Å². The highest BCUT2D eigenvalue weighted by atomic mass is 16.5. The van der Waals surface area contributed by atoms with Crippen LogP contribution in [0.5, 0.6) is 11.5 Å². The zero-order chi connectivity index (χ0) is 14.3. The minimum absolute atomic E-state index is 0.231. The highest BCUT2D eigenvalue weighted by Crippen LogP contribution is 2.27. The fourth-order valence-corrected chi connectivity index (χ4v) is 1.44. The summed E-state index contributed by atoms with van der Waals surface area (Å²) >= 11 is 0. The first-order valence-corrected chi connectivity index (χ1v) is 5.92. The summed E-state index contributed by atoms with van der Waals surface area (Å²) in [7, 11) is 3.12. The highest BCUT2D eigenvalue weighted by molar-refractivity contribution is 5.91. The largest absolute Gasteiger partial charge is 0.493 e. The van der Waals surface area contributed by atoms with E-state index in [4.69, 9.17) is 14.6 Å². The summed E-state index contributed by atoms with van der Waals surface area (Å²) in [4.78, 5) is 11.4. The molecule has 0 aliphatic rings. The van der Waals surface area contributed by atoms with Crippen molar-refractivity contribution >= 4 is 12.0 Å². The van der Waals surface area contributed by atoms with Gasteiger partial charge in [0.1, 0.15) is 0 Å². The van der Waals surface area contributed by atoms with Gasteiger partial charge in [0.15, 0.2) is 11.5 Å².